The molecule has 0 aliphatic heterocycles. The van der Waals surface area contributed by atoms with Gasteiger partial charge in [-0.15, -0.1) is 0 Å². The smallest absolute Gasteiger partial charge is 0.224 e. The molecule has 1 amide bonds. The van der Waals surface area contributed by atoms with Gasteiger partial charge in [0.05, 0.1) is 19.8 Å². The molecule has 5 heteroatoms. The van der Waals surface area contributed by atoms with Crippen LogP contribution in [0.25, 0.3) is 11.0 Å². The average Bonchev–Trinajstić information content (AvgIpc) is 2.98. The first-order chi connectivity index (χ1) is 11.7. The topological polar surface area (TPSA) is 51.5 Å². The zero-order valence-electron chi connectivity index (χ0n) is 13.3. The molecule has 1 heterocycles. The molecule has 0 aliphatic carbocycles. The molecule has 0 aliphatic rings. The minimum Gasteiger partial charge on any atom is -0.497 e. The molecule has 0 saturated heterocycles. The average molecular weight is 327 g/mol. The van der Waals surface area contributed by atoms with Crippen LogP contribution in [0.15, 0.2) is 53.1 Å². The number of fused-ring (bicyclic) bond motifs is 1. The molecule has 3 aromatic rings. The number of furan rings is 1. The fourth-order valence-electron chi connectivity index (χ4n) is 2.56. The van der Waals surface area contributed by atoms with Crippen molar-refractivity contribution in [3.05, 3.63) is 65.7 Å². The van der Waals surface area contributed by atoms with Gasteiger partial charge < -0.3 is 14.5 Å². The highest BCUT2D eigenvalue weighted by Gasteiger charge is 2.11. The normalized spacial score (nSPS) is 10.8. The Morgan fingerprint density at radius 3 is 2.75 bits per heavy atom. The van der Waals surface area contributed by atoms with Crippen molar-refractivity contribution in [1.29, 1.82) is 0 Å². The molecular weight excluding hydrogens is 309 g/mol. The van der Waals surface area contributed by atoms with E-state index in [1.165, 1.54) is 12.1 Å². The lowest BCUT2D eigenvalue weighted by Crippen LogP contribution is -2.27. The molecule has 0 atom stereocenters. The second-order valence-corrected chi connectivity index (χ2v) is 5.53. The van der Waals surface area contributed by atoms with Gasteiger partial charge in [0.15, 0.2) is 0 Å². The van der Waals surface area contributed by atoms with Gasteiger partial charge in [-0.1, -0.05) is 12.1 Å². The summed E-state index contributed by atoms with van der Waals surface area (Å²) in [5, 5.41) is 3.78. The molecule has 0 fully saturated rings. The van der Waals surface area contributed by atoms with Gasteiger partial charge in [-0.3, -0.25) is 4.79 Å². The number of carbonyl (C=O) groups is 1. The Morgan fingerprint density at radius 1 is 1.21 bits per heavy atom. The number of methoxy groups -OCH3 is 1. The van der Waals surface area contributed by atoms with Gasteiger partial charge in [-0.2, -0.15) is 0 Å². The summed E-state index contributed by atoms with van der Waals surface area (Å²) < 4.78 is 23.5. The molecule has 3 rings (SSSR count). The van der Waals surface area contributed by atoms with Crippen LogP contribution in [0.1, 0.15) is 11.1 Å². The Balaban J connectivity index is 1.56. The van der Waals surface area contributed by atoms with Crippen LogP contribution in [-0.4, -0.2) is 19.6 Å². The van der Waals surface area contributed by atoms with Crippen LogP contribution in [0, 0.1) is 5.82 Å². The lowest BCUT2D eigenvalue weighted by Gasteiger charge is -2.05. The maximum absolute atomic E-state index is 12.8. The van der Waals surface area contributed by atoms with Crippen molar-refractivity contribution in [1.82, 2.24) is 5.32 Å². The zero-order chi connectivity index (χ0) is 16.9. The molecule has 0 spiro atoms. The van der Waals surface area contributed by atoms with Crippen molar-refractivity contribution in [3.8, 4) is 5.75 Å². The molecular formula is C19H18FNO3. The number of amides is 1. The Kier molecular flexibility index (Phi) is 4.79. The predicted octanol–water partition coefficient (Wildman–Crippen LogP) is 3.48. The molecule has 0 radical (unpaired) electrons. The van der Waals surface area contributed by atoms with Crippen molar-refractivity contribution in [3.63, 3.8) is 0 Å². The Hall–Kier alpha value is -2.82. The fraction of sp³-hybridized carbons (Fsp3) is 0.211. The highest BCUT2D eigenvalue weighted by molar-refractivity contribution is 5.88. The number of benzene rings is 2. The Labute approximate surface area is 139 Å². The van der Waals surface area contributed by atoms with E-state index in [1.807, 2.05) is 12.1 Å². The molecule has 124 valence electrons. The highest BCUT2D eigenvalue weighted by atomic mass is 19.1. The number of hydrogen-bond acceptors (Lipinski definition) is 3. The SMILES string of the molecule is COc1ccc2c(CC(=O)NCCc3ccc(F)cc3)coc2c1. The van der Waals surface area contributed by atoms with Gasteiger partial charge in [-0.05, 0) is 36.2 Å². The second kappa shape index (κ2) is 7.17. The molecule has 1 N–H and O–H groups in total. The first-order valence-corrected chi connectivity index (χ1v) is 7.71. The van der Waals surface area contributed by atoms with Crippen LogP contribution in [-0.2, 0) is 17.6 Å². The Bertz CT molecular complexity index is 839. The number of nitrogens with one attached hydrogen (secondary N) is 1. The lowest BCUT2D eigenvalue weighted by molar-refractivity contribution is -0.120. The van der Waals surface area contributed by atoms with E-state index in [0.717, 1.165) is 16.5 Å². The molecule has 0 unspecified atom stereocenters. The third-order valence-electron chi connectivity index (χ3n) is 3.86. The van der Waals surface area contributed by atoms with Gasteiger partial charge in [-0.25, -0.2) is 4.39 Å². The molecule has 24 heavy (non-hydrogen) atoms. The maximum atomic E-state index is 12.8. The van der Waals surface area contributed by atoms with E-state index in [4.69, 9.17) is 9.15 Å². The number of rotatable bonds is 6. The third-order valence-corrected chi connectivity index (χ3v) is 3.86. The van der Waals surface area contributed by atoms with Crippen molar-refractivity contribution in [2.45, 2.75) is 12.8 Å². The minimum atomic E-state index is -0.258. The summed E-state index contributed by atoms with van der Waals surface area (Å²) in [6.07, 6.45) is 2.52. The molecule has 2 aromatic carbocycles. The summed E-state index contributed by atoms with van der Waals surface area (Å²) in [5.41, 5.74) is 2.52. The van der Waals surface area contributed by atoms with Crippen molar-refractivity contribution in [2.75, 3.05) is 13.7 Å². The first-order valence-electron chi connectivity index (χ1n) is 7.71. The summed E-state index contributed by atoms with van der Waals surface area (Å²) in [6.45, 7) is 0.508. The summed E-state index contributed by atoms with van der Waals surface area (Å²) in [4.78, 5) is 12.1. The predicted molar refractivity (Wildman–Crippen MR) is 89.6 cm³/mol. The summed E-state index contributed by atoms with van der Waals surface area (Å²) in [5.74, 6) is 0.383. The Morgan fingerprint density at radius 2 is 2.00 bits per heavy atom. The monoisotopic (exact) mass is 327 g/mol. The van der Waals surface area contributed by atoms with Gasteiger partial charge in [0.1, 0.15) is 17.1 Å². The summed E-state index contributed by atoms with van der Waals surface area (Å²) in [7, 11) is 1.60. The summed E-state index contributed by atoms with van der Waals surface area (Å²) in [6, 6.07) is 11.8. The standard InChI is InChI=1S/C19H18FNO3/c1-23-16-6-7-17-14(12-24-18(17)11-16)10-19(22)21-9-8-13-2-4-15(20)5-3-13/h2-7,11-12H,8-10H2,1H3,(H,21,22). The van der Waals surface area contributed by atoms with Gasteiger partial charge in [0.25, 0.3) is 0 Å². The van der Waals surface area contributed by atoms with Crippen LogP contribution < -0.4 is 10.1 Å². The molecule has 0 bridgehead atoms. The van der Waals surface area contributed by atoms with Gasteiger partial charge in [0.2, 0.25) is 5.91 Å². The van der Waals surface area contributed by atoms with E-state index < -0.39 is 0 Å². The zero-order valence-corrected chi connectivity index (χ0v) is 13.3. The van der Waals surface area contributed by atoms with E-state index in [9.17, 15) is 9.18 Å². The van der Waals surface area contributed by atoms with Crippen molar-refractivity contribution >= 4 is 16.9 Å². The van der Waals surface area contributed by atoms with Crippen LogP contribution in [0.3, 0.4) is 0 Å². The quantitative estimate of drug-likeness (QED) is 0.754. The van der Waals surface area contributed by atoms with Crippen LogP contribution in [0.4, 0.5) is 4.39 Å². The fourth-order valence-corrected chi connectivity index (χ4v) is 2.56. The van der Waals surface area contributed by atoms with Crippen LogP contribution >= 0.6 is 0 Å². The van der Waals surface area contributed by atoms with Gasteiger partial charge >= 0.3 is 0 Å². The van der Waals surface area contributed by atoms with Crippen LogP contribution in [0.5, 0.6) is 5.75 Å². The molecule has 1 aromatic heterocycles. The highest BCUT2D eigenvalue weighted by Crippen LogP contribution is 2.25. The number of ether oxygens (including phenoxy) is 1. The number of carbonyl (C=O) groups excluding carboxylic acids is 1. The largest absolute Gasteiger partial charge is 0.497 e. The van der Waals surface area contributed by atoms with E-state index >= 15 is 0 Å². The molecule has 0 saturated carbocycles. The van der Waals surface area contributed by atoms with E-state index in [2.05, 4.69) is 5.32 Å². The summed E-state index contributed by atoms with van der Waals surface area (Å²) >= 11 is 0. The van der Waals surface area contributed by atoms with Crippen molar-refractivity contribution in [2.24, 2.45) is 0 Å². The number of halogens is 1. The van der Waals surface area contributed by atoms with E-state index in [0.29, 0.717) is 24.3 Å². The maximum Gasteiger partial charge on any atom is 0.224 e. The minimum absolute atomic E-state index is 0.0735. The first kappa shape index (κ1) is 16.1. The molecule has 4 nitrogen and oxygen atoms in total. The second-order valence-electron chi connectivity index (χ2n) is 5.53. The van der Waals surface area contributed by atoms with Crippen LogP contribution in [0.2, 0.25) is 0 Å². The van der Waals surface area contributed by atoms with Gasteiger partial charge in [0, 0.05) is 23.6 Å². The lowest BCUT2D eigenvalue weighted by atomic mass is 10.1. The van der Waals surface area contributed by atoms with Crippen molar-refractivity contribution < 1.29 is 18.3 Å². The van der Waals surface area contributed by atoms with E-state index in [1.54, 1.807) is 31.6 Å². The third kappa shape index (κ3) is 3.74. The number of hydrogen-bond donors (Lipinski definition) is 1. The van der Waals surface area contributed by atoms with E-state index in [-0.39, 0.29) is 18.1 Å².